The molecule has 2 N–H and O–H groups in total. The van der Waals surface area contributed by atoms with Crippen molar-refractivity contribution in [2.45, 2.75) is 12.8 Å². The van der Waals surface area contributed by atoms with Crippen LogP contribution < -0.4 is 5.73 Å². The van der Waals surface area contributed by atoms with E-state index in [0.717, 1.165) is 29.6 Å². The molecule has 60 valence electrons. The summed E-state index contributed by atoms with van der Waals surface area (Å²) in [4.78, 5) is 4.21. The molecule has 11 heavy (non-hydrogen) atoms. The predicted molar refractivity (Wildman–Crippen MR) is 49.3 cm³/mol. The standard InChI is InChI=1S/C8H11BrN2/c9-7-3-2-6-11-8(7)4-1-5-10/h2-3,6H,1,4-5,10H2. The van der Waals surface area contributed by atoms with Crippen LogP contribution in [0.25, 0.3) is 0 Å². The third kappa shape index (κ3) is 2.60. The number of hydrogen-bond acceptors (Lipinski definition) is 2. The Balaban J connectivity index is 2.62. The van der Waals surface area contributed by atoms with Gasteiger partial charge in [0, 0.05) is 10.7 Å². The van der Waals surface area contributed by atoms with Crippen LogP contribution in [0.5, 0.6) is 0 Å². The molecule has 1 heterocycles. The molecule has 0 aliphatic heterocycles. The van der Waals surface area contributed by atoms with E-state index in [-0.39, 0.29) is 0 Å². The molecule has 0 radical (unpaired) electrons. The van der Waals surface area contributed by atoms with E-state index in [0.29, 0.717) is 0 Å². The molecule has 1 aromatic heterocycles. The quantitative estimate of drug-likeness (QED) is 0.833. The second-order valence-electron chi connectivity index (χ2n) is 2.32. The molecule has 0 bridgehead atoms. The van der Waals surface area contributed by atoms with Crippen molar-refractivity contribution >= 4 is 15.9 Å². The van der Waals surface area contributed by atoms with Gasteiger partial charge in [-0.15, -0.1) is 0 Å². The summed E-state index contributed by atoms with van der Waals surface area (Å²) in [7, 11) is 0. The Bertz CT molecular complexity index is 225. The van der Waals surface area contributed by atoms with E-state index >= 15 is 0 Å². The lowest BCUT2D eigenvalue weighted by Gasteiger charge is -1.99. The van der Waals surface area contributed by atoms with Crippen LogP contribution in [0.3, 0.4) is 0 Å². The molecule has 1 aromatic rings. The van der Waals surface area contributed by atoms with Crippen LogP contribution in [0.1, 0.15) is 12.1 Å². The normalized spacial score (nSPS) is 10.0. The zero-order valence-electron chi connectivity index (χ0n) is 6.26. The van der Waals surface area contributed by atoms with Crippen molar-refractivity contribution in [2.75, 3.05) is 6.54 Å². The number of aromatic nitrogens is 1. The van der Waals surface area contributed by atoms with Crippen molar-refractivity contribution < 1.29 is 0 Å². The van der Waals surface area contributed by atoms with Crippen LogP contribution >= 0.6 is 15.9 Å². The van der Waals surface area contributed by atoms with Crippen molar-refractivity contribution in [3.05, 3.63) is 28.5 Å². The molecule has 3 heteroatoms. The first kappa shape index (κ1) is 8.68. The Morgan fingerprint density at radius 1 is 1.55 bits per heavy atom. The predicted octanol–water partition coefficient (Wildman–Crippen LogP) is 1.74. The maximum Gasteiger partial charge on any atom is 0.0545 e. The molecule has 0 atom stereocenters. The molecule has 0 aromatic carbocycles. The second kappa shape index (κ2) is 4.46. The number of halogens is 1. The minimum atomic E-state index is 0.725. The summed E-state index contributed by atoms with van der Waals surface area (Å²) in [6.45, 7) is 0.725. The first-order valence-corrected chi connectivity index (χ1v) is 4.43. The van der Waals surface area contributed by atoms with Gasteiger partial charge in [0.1, 0.15) is 0 Å². The van der Waals surface area contributed by atoms with Gasteiger partial charge in [-0.3, -0.25) is 4.98 Å². The van der Waals surface area contributed by atoms with Gasteiger partial charge in [0.15, 0.2) is 0 Å². The first-order chi connectivity index (χ1) is 5.34. The molecule has 2 nitrogen and oxygen atoms in total. The number of nitrogens with zero attached hydrogens (tertiary/aromatic N) is 1. The largest absolute Gasteiger partial charge is 0.330 e. The Morgan fingerprint density at radius 2 is 2.36 bits per heavy atom. The number of aryl methyl sites for hydroxylation is 1. The molecule has 1 rings (SSSR count). The van der Waals surface area contributed by atoms with E-state index in [4.69, 9.17) is 5.73 Å². The summed E-state index contributed by atoms with van der Waals surface area (Å²) in [6, 6.07) is 3.91. The van der Waals surface area contributed by atoms with E-state index in [1.807, 2.05) is 12.1 Å². The minimum absolute atomic E-state index is 0.725. The lowest BCUT2D eigenvalue weighted by Crippen LogP contribution is -2.01. The zero-order valence-corrected chi connectivity index (χ0v) is 7.84. The van der Waals surface area contributed by atoms with E-state index in [1.165, 1.54) is 0 Å². The summed E-state index contributed by atoms with van der Waals surface area (Å²) < 4.78 is 1.08. The highest BCUT2D eigenvalue weighted by atomic mass is 79.9. The van der Waals surface area contributed by atoms with Crippen molar-refractivity contribution in [1.29, 1.82) is 0 Å². The first-order valence-electron chi connectivity index (χ1n) is 3.64. The smallest absolute Gasteiger partial charge is 0.0545 e. The fourth-order valence-corrected chi connectivity index (χ4v) is 1.33. The average Bonchev–Trinajstić information content (AvgIpc) is 2.03. The van der Waals surface area contributed by atoms with Gasteiger partial charge in [0.05, 0.1) is 5.69 Å². The van der Waals surface area contributed by atoms with Gasteiger partial charge in [-0.2, -0.15) is 0 Å². The molecule has 0 saturated heterocycles. The topological polar surface area (TPSA) is 38.9 Å². The molecule has 0 spiro atoms. The Morgan fingerprint density at radius 3 is 3.00 bits per heavy atom. The molecular formula is C8H11BrN2. The molecule has 0 aliphatic carbocycles. The maximum absolute atomic E-state index is 5.38. The Hall–Kier alpha value is -0.410. The Labute approximate surface area is 75.0 Å². The van der Waals surface area contributed by atoms with Gasteiger partial charge in [-0.05, 0) is 47.4 Å². The maximum atomic E-state index is 5.38. The number of hydrogen-bond donors (Lipinski definition) is 1. The van der Waals surface area contributed by atoms with Crippen LogP contribution in [0.4, 0.5) is 0 Å². The van der Waals surface area contributed by atoms with Crippen molar-refractivity contribution in [3.8, 4) is 0 Å². The third-order valence-electron chi connectivity index (χ3n) is 1.45. The van der Waals surface area contributed by atoms with Crippen LogP contribution in [0, 0.1) is 0 Å². The van der Waals surface area contributed by atoms with Gasteiger partial charge < -0.3 is 5.73 Å². The van der Waals surface area contributed by atoms with Crippen LogP contribution in [-0.2, 0) is 6.42 Å². The third-order valence-corrected chi connectivity index (χ3v) is 2.17. The van der Waals surface area contributed by atoms with Crippen LogP contribution in [0.2, 0.25) is 0 Å². The molecular weight excluding hydrogens is 204 g/mol. The van der Waals surface area contributed by atoms with Crippen molar-refractivity contribution in [3.63, 3.8) is 0 Å². The number of nitrogens with two attached hydrogens (primary N) is 1. The van der Waals surface area contributed by atoms with Crippen LogP contribution in [-0.4, -0.2) is 11.5 Å². The Kier molecular flexibility index (Phi) is 3.52. The number of pyridine rings is 1. The summed E-state index contributed by atoms with van der Waals surface area (Å²) in [5.74, 6) is 0. The van der Waals surface area contributed by atoms with Crippen LogP contribution in [0.15, 0.2) is 22.8 Å². The molecule has 0 saturated carbocycles. The van der Waals surface area contributed by atoms with Gasteiger partial charge in [0.25, 0.3) is 0 Å². The molecule has 0 aliphatic rings. The molecule has 0 fully saturated rings. The zero-order chi connectivity index (χ0) is 8.10. The van der Waals surface area contributed by atoms with Gasteiger partial charge in [-0.1, -0.05) is 0 Å². The van der Waals surface area contributed by atoms with E-state index in [9.17, 15) is 0 Å². The highest BCUT2D eigenvalue weighted by Crippen LogP contribution is 2.14. The summed E-state index contributed by atoms with van der Waals surface area (Å²) in [6.07, 6.45) is 3.75. The summed E-state index contributed by atoms with van der Waals surface area (Å²) in [5.41, 5.74) is 6.48. The van der Waals surface area contributed by atoms with Gasteiger partial charge in [0.2, 0.25) is 0 Å². The molecule has 0 amide bonds. The lowest BCUT2D eigenvalue weighted by atomic mass is 10.2. The van der Waals surface area contributed by atoms with Crippen molar-refractivity contribution in [1.82, 2.24) is 4.98 Å². The highest BCUT2D eigenvalue weighted by Gasteiger charge is 1.97. The minimum Gasteiger partial charge on any atom is -0.330 e. The van der Waals surface area contributed by atoms with Gasteiger partial charge >= 0.3 is 0 Å². The fraction of sp³-hybridized carbons (Fsp3) is 0.375. The summed E-state index contributed by atoms with van der Waals surface area (Å²) >= 11 is 3.42. The second-order valence-corrected chi connectivity index (χ2v) is 3.18. The van der Waals surface area contributed by atoms with E-state index in [2.05, 4.69) is 20.9 Å². The van der Waals surface area contributed by atoms with Crippen molar-refractivity contribution in [2.24, 2.45) is 5.73 Å². The van der Waals surface area contributed by atoms with E-state index in [1.54, 1.807) is 6.20 Å². The van der Waals surface area contributed by atoms with Gasteiger partial charge in [-0.25, -0.2) is 0 Å². The van der Waals surface area contributed by atoms with E-state index < -0.39 is 0 Å². The fourth-order valence-electron chi connectivity index (χ4n) is 0.872. The summed E-state index contributed by atoms with van der Waals surface area (Å²) in [5, 5.41) is 0. The highest BCUT2D eigenvalue weighted by molar-refractivity contribution is 9.10. The number of rotatable bonds is 3. The lowest BCUT2D eigenvalue weighted by molar-refractivity contribution is 0.806. The average molecular weight is 215 g/mol. The monoisotopic (exact) mass is 214 g/mol. The molecule has 0 unspecified atom stereocenters. The SMILES string of the molecule is NCCCc1ncccc1Br.